The lowest BCUT2D eigenvalue weighted by atomic mass is 9.53. The molecule has 2 amide bonds. The van der Waals surface area contributed by atoms with Gasteiger partial charge in [0.1, 0.15) is 11.5 Å². The van der Waals surface area contributed by atoms with Gasteiger partial charge in [0.2, 0.25) is 11.8 Å². The molecule has 4 aromatic rings. The predicted octanol–water partition coefficient (Wildman–Crippen LogP) is 5.80. The predicted molar refractivity (Wildman–Crippen MR) is 147 cm³/mol. The molecular weight excluding hydrogens is 476 g/mol. The molecular formula is C32H28N2O4. The average Bonchev–Trinajstić information content (AvgIpc) is 2.97. The molecule has 0 heterocycles. The lowest BCUT2D eigenvalue weighted by Crippen LogP contribution is -2.50. The van der Waals surface area contributed by atoms with E-state index in [1.165, 1.54) is 0 Å². The summed E-state index contributed by atoms with van der Waals surface area (Å²) in [5, 5.41) is 6.16. The van der Waals surface area contributed by atoms with E-state index in [1.54, 1.807) is 38.5 Å². The van der Waals surface area contributed by atoms with Crippen molar-refractivity contribution < 1.29 is 19.1 Å². The van der Waals surface area contributed by atoms with Crippen molar-refractivity contribution in [2.45, 2.75) is 11.8 Å². The maximum atomic E-state index is 14.0. The SMILES string of the molecule is COc1ccc(NC(=O)[C@@H]2C3c4ccccc4C(c4ccccc43)[C@H]2C(=O)Nc2ccc(OC)cc2)cc1. The third-order valence-electron chi connectivity index (χ3n) is 7.76. The number of hydrogen-bond donors (Lipinski definition) is 2. The third-order valence-corrected chi connectivity index (χ3v) is 7.76. The first-order valence-corrected chi connectivity index (χ1v) is 12.7. The van der Waals surface area contributed by atoms with Crippen LogP contribution in [0.5, 0.6) is 11.5 Å². The number of methoxy groups -OCH3 is 2. The van der Waals surface area contributed by atoms with Crippen LogP contribution in [0.3, 0.4) is 0 Å². The van der Waals surface area contributed by atoms with Gasteiger partial charge in [-0.15, -0.1) is 0 Å². The van der Waals surface area contributed by atoms with Crippen LogP contribution >= 0.6 is 0 Å². The maximum absolute atomic E-state index is 14.0. The Morgan fingerprint density at radius 3 is 1.13 bits per heavy atom. The summed E-state index contributed by atoms with van der Waals surface area (Å²) in [6.45, 7) is 0. The number of carbonyl (C=O) groups excluding carboxylic acids is 2. The number of amides is 2. The summed E-state index contributed by atoms with van der Waals surface area (Å²) in [6.07, 6.45) is 0. The van der Waals surface area contributed by atoms with Gasteiger partial charge in [-0.05, 0) is 70.8 Å². The highest BCUT2D eigenvalue weighted by molar-refractivity contribution is 6.02. The molecule has 0 aliphatic heterocycles. The lowest BCUT2D eigenvalue weighted by Gasteiger charge is -2.49. The number of carbonyl (C=O) groups is 2. The first kappa shape index (κ1) is 23.8. The first-order chi connectivity index (χ1) is 18.6. The van der Waals surface area contributed by atoms with Crippen molar-refractivity contribution >= 4 is 23.2 Å². The molecule has 7 rings (SSSR count). The van der Waals surface area contributed by atoms with Gasteiger partial charge in [-0.2, -0.15) is 0 Å². The molecule has 3 aliphatic rings. The topological polar surface area (TPSA) is 76.7 Å². The van der Waals surface area contributed by atoms with E-state index in [2.05, 4.69) is 34.9 Å². The molecule has 190 valence electrons. The van der Waals surface area contributed by atoms with E-state index in [9.17, 15) is 9.59 Å². The Morgan fingerprint density at radius 1 is 0.526 bits per heavy atom. The fraction of sp³-hybridized carbons (Fsp3) is 0.188. The van der Waals surface area contributed by atoms with Crippen LogP contribution in [0.2, 0.25) is 0 Å². The Kier molecular flexibility index (Phi) is 6.08. The largest absolute Gasteiger partial charge is 0.497 e. The number of anilines is 2. The fourth-order valence-corrected chi connectivity index (χ4v) is 6.11. The minimum Gasteiger partial charge on any atom is -0.497 e. The highest BCUT2D eigenvalue weighted by atomic mass is 16.5. The van der Waals surface area contributed by atoms with Gasteiger partial charge in [-0.3, -0.25) is 9.59 Å². The fourth-order valence-electron chi connectivity index (χ4n) is 6.11. The number of benzene rings is 4. The Balaban J connectivity index is 1.42. The lowest BCUT2D eigenvalue weighted by molar-refractivity contribution is -0.131. The molecule has 2 atom stereocenters. The number of hydrogen-bond acceptors (Lipinski definition) is 4. The summed E-state index contributed by atoms with van der Waals surface area (Å²) in [5.41, 5.74) is 5.76. The van der Waals surface area contributed by atoms with Gasteiger partial charge in [0.15, 0.2) is 0 Å². The first-order valence-electron chi connectivity index (χ1n) is 12.7. The molecule has 0 saturated carbocycles. The second-order valence-corrected chi connectivity index (χ2v) is 9.70. The van der Waals surface area contributed by atoms with Gasteiger partial charge in [-0.25, -0.2) is 0 Å². The molecule has 0 radical (unpaired) electrons. The number of rotatable bonds is 6. The molecule has 0 fully saturated rings. The van der Waals surface area contributed by atoms with Gasteiger partial charge in [0.25, 0.3) is 0 Å². The van der Waals surface area contributed by atoms with E-state index in [1.807, 2.05) is 48.5 Å². The molecule has 38 heavy (non-hydrogen) atoms. The van der Waals surface area contributed by atoms with Gasteiger partial charge in [0.05, 0.1) is 26.1 Å². The Bertz CT molecular complexity index is 1340. The van der Waals surface area contributed by atoms with Gasteiger partial charge >= 0.3 is 0 Å². The number of nitrogens with one attached hydrogen (secondary N) is 2. The maximum Gasteiger partial charge on any atom is 0.229 e. The number of ether oxygens (including phenoxy) is 2. The molecule has 0 spiro atoms. The van der Waals surface area contributed by atoms with Crippen molar-refractivity contribution in [2.75, 3.05) is 24.9 Å². The normalized spacial score (nSPS) is 20.6. The highest BCUT2D eigenvalue weighted by Crippen LogP contribution is 2.58. The van der Waals surface area contributed by atoms with Crippen molar-refractivity contribution in [3.8, 4) is 11.5 Å². The minimum absolute atomic E-state index is 0.177. The van der Waals surface area contributed by atoms with E-state index in [4.69, 9.17) is 9.47 Å². The van der Waals surface area contributed by atoms with Crippen molar-refractivity contribution in [3.05, 3.63) is 119 Å². The zero-order chi connectivity index (χ0) is 26.2. The summed E-state index contributed by atoms with van der Waals surface area (Å²) in [5.74, 6) is -0.600. The zero-order valence-corrected chi connectivity index (χ0v) is 21.2. The minimum atomic E-state index is -0.592. The summed E-state index contributed by atoms with van der Waals surface area (Å²) in [6, 6.07) is 30.9. The van der Waals surface area contributed by atoms with Gasteiger partial charge in [-0.1, -0.05) is 48.5 Å². The van der Waals surface area contributed by atoms with Crippen LogP contribution in [0, 0.1) is 11.8 Å². The monoisotopic (exact) mass is 504 g/mol. The second kappa shape index (κ2) is 9.71. The third kappa shape index (κ3) is 3.98. The quantitative estimate of drug-likeness (QED) is 0.348. The molecule has 0 saturated heterocycles. The zero-order valence-electron chi connectivity index (χ0n) is 21.2. The smallest absolute Gasteiger partial charge is 0.229 e. The Morgan fingerprint density at radius 2 is 0.842 bits per heavy atom. The Labute approximate surface area is 221 Å². The molecule has 4 aromatic carbocycles. The summed E-state index contributed by atoms with van der Waals surface area (Å²) in [7, 11) is 3.21. The van der Waals surface area contributed by atoms with Crippen molar-refractivity contribution in [2.24, 2.45) is 11.8 Å². The second-order valence-electron chi connectivity index (χ2n) is 9.70. The van der Waals surface area contributed by atoms with Crippen molar-refractivity contribution in [1.82, 2.24) is 0 Å². The van der Waals surface area contributed by atoms with E-state index in [0.29, 0.717) is 22.9 Å². The van der Waals surface area contributed by atoms with E-state index < -0.39 is 11.8 Å². The van der Waals surface area contributed by atoms with Crippen molar-refractivity contribution in [3.63, 3.8) is 0 Å². The molecule has 6 nitrogen and oxygen atoms in total. The van der Waals surface area contributed by atoms with Crippen LogP contribution in [-0.2, 0) is 9.59 Å². The standard InChI is InChI=1S/C32H28N2O4/c1-37-21-15-11-19(12-16-21)33-31(35)29-27-23-7-3-5-9-25(23)28(26-10-6-4-8-24(26)27)30(29)32(36)34-20-13-17-22(38-2)18-14-20/h3-18,27-30H,1-2H3,(H,33,35)(H,34,36)/t27?,28?,29-,30-/m1/s1. The molecule has 6 heteroatoms. The van der Waals surface area contributed by atoms with Crippen LogP contribution in [0.15, 0.2) is 97.1 Å². The Hall–Kier alpha value is -4.58. The van der Waals surface area contributed by atoms with Gasteiger partial charge < -0.3 is 20.1 Å². The van der Waals surface area contributed by atoms with E-state index in [-0.39, 0.29) is 23.7 Å². The molecule has 0 aromatic heterocycles. The molecule has 2 bridgehead atoms. The van der Waals surface area contributed by atoms with Crippen LogP contribution in [0.25, 0.3) is 0 Å². The molecule has 3 aliphatic carbocycles. The number of fused-ring (bicyclic) bond motifs is 1. The van der Waals surface area contributed by atoms with Crippen LogP contribution in [0.4, 0.5) is 11.4 Å². The average molecular weight is 505 g/mol. The highest BCUT2D eigenvalue weighted by Gasteiger charge is 2.55. The van der Waals surface area contributed by atoms with Crippen molar-refractivity contribution in [1.29, 1.82) is 0 Å². The summed E-state index contributed by atoms with van der Waals surface area (Å²) < 4.78 is 10.5. The summed E-state index contributed by atoms with van der Waals surface area (Å²) in [4.78, 5) is 28.1. The van der Waals surface area contributed by atoms with Gasteiger partial charge in [0, 0.05) is 23.2 Å². The molecule has 2 N–H and O–H groups in total. The van der Waals surface area contributed by atoms with E-state index in [0.717, 1.165) is 22.3 Å². The van der Waals surface area contributed by atoms with Crippen LogP contribution in [-0.4, -0.2) is 26.0 Å². The van der Waals surface area contributed by atoms with Crippen LogP contribution < -0.4 is 20.1 Å². The summed E-state index contributed by atoms with van der Waals surface area (Å²) >= 11 is 0. The van der Waals surface area contributed by atoms with Crippen LogP contribution in [0.1, 0.15) is 34.1 Å². The van der Waals surface area contributed by atoms with E-state index >= 15 is 0 Å². The molecule has 0 unspecified atom stereocenters.